The fraction of sp³-hybridized carbons (Fsp3) is 0.0588. The van der Waals surface area contributed by atoms with Crippen molar-refractivity contribution in [2.24, 2.45) is 0 Å². The maximum Gasteiger partial charge on any atom is 0.256 e. The molecule has 6 heteroatoms. The molecule has 114 valence electrons. The van der Waals surface area contributed by atoms with Crippen molar-refractivity contribution >= 4 is 17.5 Å². The van der Waals surface area contributed by atoms with Crippen LogP contribution in [0.1, 0.15) is 15.9 Å². The predicted molar refractivity (Wildman–Crippen MR) is 88.0 cm³/mol. The molecule has 2 heterocycles. The molecule has 0 unspecified atom stereocenters. The van der Waals surface area contributed by atoms with E-state index >= 15 is 0 Å². The Kier molecular flexibility index (Phi) is 4.54. The van der Waals surface area contributed by atoms with Gasteiger partial charge in [0.1, 0.15) is 5.82 Å². The van der Waals surface area contributed by atoms with Gasteiger partial charge in [-0.05, 0) is 42.0 Å². The van der Waals surface area contributed by atoms with Crippen LogP contribution in [0.3, 0.4) is 0 Å². The molecule has 0 fully saturated rings. The van der Waals surface area contributed by atoms with Crippen LogP contribution in [0.4, 0.5) is 11.6 Å². The number of anilines is 2. The molecule has 0 saturated heterocycles. The zero-order valence-electron chi connectivity index (χ0n) is 12.3. The first kappa shape index (κ1) is 14.6. The molecule has 0 aliphatic rings. The van der Waals surface area contributed by atoms with Crippen LogP contribution in [0, 0.1) is 0 Å². The van der Waals surface area contributed by atoms with Crippen LogP contribution in [0.15, 0.2) is 67.0 Å². The van der Waals surface area contributed by atoms with E-state index in [0.29, 0.717) is 23.7 Å². The second kappa shape index (κ2) is 7.13. The molecule has 2 N–H and O–H groups in total. The van der Waals surface area contributed by atoms with Gasteiger partial charge < -0.3 is 10.6 Å². The van der Waals surface area contributed by atoms with E-state index in [1.54, 1.807) is 36.7 Å². The van der Waals surface area contributed by atoms with Gasteiger partial charge in [-0.25, -0.2) is 0 Å². The number of hydrogen-bond acceptors (Lipinski definition) is 5. The lowest BCUT2D eigenvalue weighted by Crippen LogP contribution is -2.13. The third-order valence-corrected chi connectivity index (χ3v) is 3.17. The van der Waals surface area contributed by atoms with E-state index in [1.165, 1.54) is 0 Å². The molecular formula is C17H15N5O. The summed E-state index contributed by atoms with van der Waals surface area (Å²) < 4.78 is 0. The first-order valence-electron chi connectivity index (χ1n) is 7.14. The van der Waals surface area contributed by atoms with E-state index in [9.17, 15) is 4.79 Å². The lowest BCUT2D eigenvalue weighted by molar-refractivity contribution is 0.102. The number of pyridine rings is 1. The summed E-state index contributed by atoms with van der Waals surface area (Å²) in [6.07, 6.45) is 3.48. The van der Waals surface area contributed by atoms with Crippen LogP contribution < -0.4 is 10.6 Å². The fourth-order valence-corrected chi connectivity index (χ4v) is 1.96. The van der Waals surface area contributed by atoms with Crippen LogP contribution in [-0.4, -0.2) is 21.1 Å². The van der Waals surface area contributed by atoms with Crippen molar-refractivity contribution in [3.05, 3.63) is 78.1 Å². The molecule has 0 spiro atoms. The summed E-state index contributed by atoms with van der Waals surface area (Å²) in [5.74, 6) is 0.838. The Hall–Kier alpha value is -3.28. The summed E-state index contributed by atoms with van der Waals surface area (Å²) in [6, 6.07) is 16.3. The van der Waals surface area contributed by atoms with E-state index < -0.39 is 0 Å². The highest BCUT2D eigenvalue weighted by Crippen LogP contribution is 2.09. The number of nitrogens with one attached hydrogen (secondary N) is 2. The number of hydrogen-bond donors (Lipinski definition) is 2. The van der Waals surface area contributed by atoms with Gasteiger partial charge >= 0.3 is 0 Å². The van der Waals surface area contributed by atoms with Gasteiger partial charge in [-0.15, -0.1) is 10.2 Å². The maximum absolute atomic E-state index is 12.0. The minimum absolute atomic E-state index is 0.211. The third kappa shape index (κ3) is 4.10. The van der Waals surface area contributed by atoms with Gasteiger partial charge in [0.05, 0.1) is 0 Å². The summed E-state index contributed by atoms with van der Waals surface area (Å²) in [6.45, 7) is 0.632. The van der Waals surface area contributed by atoms with Crippen LogP contribution in [-0.2, 0) is 6.54 Å². The van der Waals surface area contributed by atoms with Gasteiger partial charge in [-0.1, -0.05) is 18.2 Å². The quantitative estimate of drug-likeness (QED) is 0.757. The molecule has 0 radical (unpaired) electrons. The van der Waals surface area contributed by atoms with Crippen LogP contribution >= 0.6 is 0 Å². The minimum Gasteiger partial charge on any atom is -0.365 e. The lowest BCUT2D eigenvalue weighted by atomic mass is 10.2. The Morgan fingerprint density at radius 3 is 2.26 bits per heavy atom. The van der Waals surface area contributed by atoms with Crippen LogP contribution in [0.5, 0.6) is 0 Å². The predicted octanol–water partition coefficient (Wildman–Crippen LogP) is 2.74. The van der Waals surface area contributed by atoms with E-state index in [2.05, 4.69) is 25.8 Å². The number of amides is 1. The van der Waals surface area contributed by atoms with Gasteiger partial charge in [0, 0.05) is 24.5 Å². The Morgan fingerprint density at radius 2 is 1.57 bits per heavy atom. The van der Waals surface area contributed by atoms with Crippen LogP contribution in [0.2, 0.25) is 0 Å². The molecular weight excluding hydrogens is 290 g/mol. The van der Waals surface area contributed by atoms with Gasteiger partial charge in [-0.3, -0.25) is 9.78 Å². The molecule has 0 saturated carbocycles. The highest BCUT2D eigenvalue weighted by atomic mass is 16.1. The fourth-order valence-electron chi connectivity index (χ4n) is 1.96. The lowest BCUT2D eigenvalue weighted by Gasteiger charge is -2.06. The minimum atomic E-state index is -0.211. The largest absolute Gasteiger partial charge is 0.365 e. The van der Waals surface area contributed by atoms with Gasteiger partial charge in [-0.2, -0.15) is 0 Å². The average Bonchev–Trinajstić information content (AvgIpc) is 2.63. The normalized spacial score (nSPS) is 10.1. The van der Waals surface area contributed by atoms with Crippen molar-refractivity contribution in [1.29, 1.82) is 0 Å². The summed E-state index contributed by atoms with van der Waals surface area (Å²) in [5, 5.41) is 13.9. The maximum atomic E-state index is 12.0. The first-order valence-corrected chi connectivity index (χ1v) is 7.14. The Bertz CT molecular complexity index is 760. The Labute approximate surface area is 133 Å². The number of benzene rings is 1. The van der Waals surface area contributed by atoms with Crippen molar-refractivity contribution in [2.45, 2.75) is 6.54 Å². The second-order valence-corrected chi connectivity index (χ2v) is 4.83. The van der Waals surface area contributed by atoms with Crippen molar-refractivity contribution in [2.75, 3.05) is 10.6 Å². The zero-order valence-corrected chi connectivity index (χ0v) is 12.3. The molecule has 0 atom stereocenters. The molecule has 2 aromatic heterocycles. The standard InChI is InChI=1S/C17H15N5O/c23-17(14-4-2-1-3-5-14)20-16-7-6-15(21-22-16)19-12-13-8-10-18-11-9-13/h1-11H,12H2,(H,19,21)(H,20,22,23). The average molecular weight is 305 g/mol. The summed E-state index contributed by atoms with van der Waals surface area (Å²) in [7, 11) is 0. The molecule has 23 heavy (non-hydrogen) atoms. The molecule has 3 rings (SSSR count). The van der Waals surface area contributed by atoms with Crippen molar-refractivity contribution in [3.8, 4) is 0 Å². The van der Waals surface area contributed by atoms with Crippen molar-refractivity contribution in [1.82, 2.24) is 15.2 Å². The topological polar surface area (TPSA) is 79.8 Å². The van der Waals surface area contributed by atoms with Gasteiger partial charge in [0.25, 0.3) is 5.91 Å². The summed E-state index contributed by atoms with van der Waals surface area (Å²) >= 11 is 0. The first-order chi connectivity index (χ1) is 11.3. The Balaban J connectivity index is 1.58. The number of carbonyl (C=O) groups excluding carboxylic acids is 1. The van der Waals surface area contributed by atoms with Gasteiger partial charge in [0.2, 0.25) is 0 Å². The van der Waals surface area contributed by atoms with E-state index in [4.69, 9.17) is 0 Å². The smallest absolute Gasteiger partial charge is 0.256 e. The van der Waals surface area contributed by atoms with Crippen molar-refractivity contribution < 1.29 is 4.79 Å². The Morgan fingerprint density at radius 1 is 0.870 bits per heavy atom. The van der Waals surface area contributed by atoms with Gasteiger partial charge in [0.15, 0.2) is 5.82 Å². The van der Waals surface area contributed by atoms with E-state index in [1.807, 2.05) is 30.3 Å². The monoisotopic (exact) mass is 305 g/mol. The molecule has 3 aromatic rings. The summed E-state index contributed by atoms with van der Waals surface area (Å²) in [5.41, 5.74) is 1.68. The number of aromatic nitrogens is 3. The van der Waals surface area contributed by atoms with E-state index in [0.717, 1.165) is 5.56 Å². The number of carbonyl (C=O) groups is 1. The number of rotatable bonds is 5. The molecule has 0 aliphatic carbocycles. The molecule has 1 amide bonds. The molecule has 0 aliphatic heterocycles. The number of nitrogens with zero attached hydrogens (tertiary/aromatic N) is 3. The molecule has 0 bridgehead atoms. The highest BCUT2D eigenvalue weighted by molar-refractivity contribution is 6.03. The second-order valence-electron chi connectivity index (χ2n) is 4.83. The highest BCUT2D eigenvalue weighted by Gasteiger charge is 2.06. The zero-order chi connectivity index (χ0) is 15.9. The SMILES string of the molecule is O=C(Nc1ccc(NCc2ccncc2)nn1)c1ccccc1. The van der Waals surface area contributed by atoms with Crippen molar-refractivity contribution in [3.63, 3.8) is 0 Å². The molecule has 6 nitrogen and oxygen atoms in total. The third-order valence-electron chi connectivity index (χ3n) is 3.17. The van der Waals surface area contributed by atoms with E-state index in [-0.39, 0.29) is 5.91 Å². The molecule has 1 aromatic carbocycles. The van der Waals surface area contributed by atoms with Crippen LogP contribution in [0.25, 0.3) is 0 Å². The summed E-state index contributed by atoms with van der Waals surface area (Å²) in [4.78, 5) is 16.0.